The number of ether oxygens (including phenoxy) is 2. The van der Waals surface area contributed by atoms with Gasteiger partial charge >= 0.3 is 6.09 Å². The second kappa shape index (κ2) is 12.6. The predicted octanol–water partition coefficient (Wildman–Crippen LogP) is 6.91. The third kappa shape index (κ3) is 6.96. The van der Waals surface area contributed by atoms with Crippen molar-refractivity contribution in [1.29, 1.82) is 0 Å². The molecule has 0 unspecified atom stereocenters. The van der Waals surface area contributed by atoms with E-state index in [1.54, 1.807) is 19.4 Å². The first-order chi connectivity index (χ1) is 20.9. The molecule has 10 heteroatoms. The third-order valence-corrected chi connectivity index (χ3v) is 7.84. The summed E-state index contributed by atoms with van der Waals surface area (Å²) in [6.45, 7) is 9.59. The van der Waals surface area contributed by atoms with Crippen molar-refractivity contribution in [2.24, 2.45) is 10.7 Å². The first-order valence-corrected chi connectivity index (χ1v) is 15.0. The lowest BCUT2D eigenvalue weighted by atomic mass is 10.0. The number of fused-ring (bicyclic) bond motifs is 1. The Morgan fingerprint density at radius 3 is 2.66 bits per heavy atom. The molecule has 2 heterocycles. The number of halogens is 1. The van der Waals surface area contributed by atoms with E-state index in [0.717, 1.165) is 52.0 Å². The van der Waals surface area contributed by atoms with E-state index >= 15 is 0 Å². The monoisotopic (exact) mass is 600 g/mol. The molecule has 1 aliphatic rings. The molecule has 44 heavy (non-hydrogen) atoms. The first-order valence-electron chi connectivity index (χ1n) is 15.0. The number of carbonyl (C=O) groups excluding carboxylic acids is 1. The number of methoxy groups -OCH3 is 1. The summed E-state index contributed by atoms with van der Waals surface area (Å²) in [4.78, 5) is 17.1. The van der Waals surface area contributed by atoms with Gasteiger partial charge in [-0.25, -0.2) is 18.7 Å². The number of amides is 1. The van der Waals surface area contributed by atoms with Crippen LogP contribution in [0.4, 0.5) is 20.6 Å². The molecule has 1 fully saturated rings. The second-order valence-corrected chi connectivity index (χ2v) is 12.3. The van der Waals surface area contributed by atoms with Crippen LogP contribution in [0.15, 0.2) is 59.9 Å². The molecule has 2 aromatic heterocycles. The number of hydrogen-bond donors (Lipinski definition) is 3. The number of anilines is 1. The lowest BCUT2D eigenvalue weighted by Gasteiger charge is -2.22. The number of hydrogen-bond acceptors (Lipinski definition) is 6. The quantitative estimate of drug-likeness (QED) is 0.149. The number of rotatable bonds is 8. The van der Waals surface area contributed by atoms with Gasteiger partial charge in [-0.2, -0.15) is 5.10 Å². The summed E-state index contributed by atoms with van der Waals surface area (Å²) in [6, 6.07) is 12.6. The van der Waals surface area contributed by atoms with Crippen LogP contribution in [0.2, 0.25) is 0 Å². The highest BCUT2D eigenvalue weighted by Crippen LogP contribution is 2.34. The normalized spacial score (nSPS) is 17.1. The van der Waals surface area contributed by atoms with E-state index in [1.165, 1.54) is 12.1 Å². The smallest absolute Gasteiger partial charge is 0.407 e. The van der Waals surface area contributed by atoms with Gasteiger partial charge in [0.25, 0.3) is 0 Å². The minimum absolute atomic E-state index is 0.0316. The van der Waals surface area contributed by atoms with E-state index < -0.39 is 11.7 Å². The Bertz CT molecular complexity index is 1710. The number of aliphatic imine (C=N–C) groups is 1. The molecule has 4 N–H and O–H groups in total. The Balaban J connectivity index is 1.53. The Morgan fingerprint density at radius 1 is 1.16 bits per heavy atom. The topological polar surface area (TPSA) is 115 Å². The molecule has 5 rings (SSSR count). The van der Waals surface area contributed by atoms with Crippen LogP contribution in [0, 0.1) is 12.7 Å². The summed E-state index contributed by atoms with van der Waals surface area (Å²) in [7, 11) is 1.65. The minimum atomic E-state index is -0.568. The Kier molecular flexibility index (Phi) is 8.80. The maximum Gasteiger partial charge on any atom is 0.407 e. The molecule has 1 amide bonds. The zero-order valence-corrected chi connectivity index (χ0v) is 26.2. The van der Waals surface area contributed by atoms with Gasteiger partial charge in [0.05, 0.1) is 35.8 Å². The lowest BCUT2D eigenvalue weighted by molar-refractivity contribution is 0.0505. The van der Waals surface area contributed by atoms with E-state index in [0.29, 0.717) is 24.1 Å². The fourth-order valence-electron chi connectivity index (χ4n) is 5.64. The van der Waals surface area contributed by atoms with Crippen LogP contribution in [0.5, 0.6) is 5.75 Å². The van der Waals surface area contributed by atoms with Crippen molar-refractivity contribution in [2.45, 2.75) is 78.0 Å². The molecule has 9 nitrogen and oxygen atoms in total. The summed E-state index contributed by atoms with van der Waals surface area (Å²) < 4.78 is 26.9. The van der Waals surface area contributed by atoms with E-state index in [2.05, 4.69) is 33.7 Å². The predicted molar refractivity (Wildman–Crippen MR) is 172 cm³/mol. The number of alkyl carbamates (subject to hydrolysis) is 1. The van der Waals surface area contributed by atoms with Crippen LogP contribution in [-0.2, 0) is 11.2 Å². The van der Waals surface area contributed by atoms with Crippen LogP contribution in [0.25, 0.3) is 16.6 Å². The van der Waals surface area contributed by atoms with Crippen molar-refractivity contribution >= 4 is 28.8 Å². The first kappa shape index (κ1) is 30.8. The van der Waals surface area contributed by atoms with E-state index in [1.807, 2.05) is 56.6 Å². The molecular weight excluding hydrogens is 559 g/mol. The number of benzene rings is 2. The number of aryl methyl sites for hydroxylation is 2. The zero-order valence-electron chi connectivity index (χ0n) is 26.2. The van der Waals surface area contributed by atoms with E-state index in [-0.39, 0.29) is 23.7 Å². The molecule has 232 valence electrons. The molecule has 2 aromatic carbocycles. The molecule has 0 saturated heterocycles. The molecular formula is C34H41FN6O3. The standard InChI is InChI=1S/C34H41FN6O3/c1-7-21-9-10-23(35)15-29(21)40-32(36)28-18-37-41-19-22(27-17-26(43-6)13-8-20(27)2)14-30(41)31(28)38-24-11-12-25(16-24)39-33(42)44-34(3,4)5/h8-10,13-15,17-19,24-25,38H,7,11-12,16H2,1-6H3,(H2,36,40)(H,39,42)/t24-,25+/m1/s1. The molecule has 2 atom stereocenters. The second-order valence-electron chi connectivity index (χ2n) is 12.3. The summed E-state index contributed by atoms with van der Waals surface area (Å²) in [5.74, 6) is 0.616. The van der Waals surface area contributed by atoms with Gasteiger partial charge in [0.15, 0.2) is 0 Å². The average Bonchev–Trinajstić information content (AvgIpc) is 3.59. The van der Waals surface area contributed by atoms with E-state index in [4.69, 9.17) is 15.2 Å². The molecule has 1 aliphatic carbocycles. The van der Waals surface area contributed by atoms with Gasteiger partial charge < -0.3 is 25.8 Å². The zero-order chi connectivity index (χ0) is 31.6. The average molecular weight is 601 g/mol. The summed E-state index contributed by atoms with van der Waals surface area (Å²) in [5.41, 5.74) is 12.8. The maximum absolute atomic E-state index is 14.2. The fourth-order valence-corrected chi connectivity index (χ4v) is 5.64. The van der Waals surface area contributed by atoms with Crippen LogP contribution in [0.3, 0.4) is 0 Å². The van der Waals surface area contributed by atoms with Gasteiger partial charge in [-0.05, 0) is 100 Å². The molecule has 0 spiro atoms. The van der Waals surface area contributed by atoms with Gasteiger partial charge in [0.1, 0.15) is 23.0 Å². The summed E-state index contributed by atoms with van der Waals surface area (Å²) in [6.07, 6.45) is 6.27. The lowest BCUT2D eigenvalue weighted by Crippen LogP contribution is -2.38. The number of aromatic nitrogens is 2. The molecule has 1 saturated carbocycles. The van der Waals surface area contributed by atoms with Crippen molar-refractivity contribution in [2.75, 3.05) is 12.4 Å². The third-order valence-electron chi connectivity index (χ3n) is 7.84. The van der Waals surface area contributed by atoms with Gasteiger partial charge in [0, 0.05) is 23.8 Å². The van der Waals surface area contributed by atoms with Gasteiger partial charge in [-0.15, -0.1) is 0 Å². The largest absolute Gasteiger partial charge is 0.497 e. The fraction of sp³-hybridized carbons (Fsp3) is 0.382. The molecule has 4 aromatic rings. The highest BCUT2D eigenvalue weighted by Gasteiger charge is 2.29. The van der Waals surface area contributed by atoms with Crippen molar-refractivity contribution in [3.8, 4) is 16.9 Å². The minimum Gasteiger partial charge on any atom is -0.497 e. The highest BCUT2D eigenvalue weighted by atomic mass is 19.1. The van der Waals surface area contributed by atoms with Crippen LogP contribution < -0.4 is 21.1 Å². The van der Waals surface area contributed by atoms with Gasteiger partial charge in [0.2, 0.25) is 0 Å². The van der Waals surface area contributed by atoms with Crippen molar-refractivity contribution in [3.05, 3.63) is 77.4 Å². The molecule has 0 radical (unpaired) electrons. The van der Waals surface area contributed by atoms with Crippen molar-refractivity contribution < 1.29 is 18.7 Å². The van der Waals surface area contributed by atoms with Crippen LogP contribution >= 0.6 is 0 Å². The van der Waals surface area contributed by atoms with Gasteiger partial charge in [-0.1, -0.05) is 19.1 Å². The Labute approximate surface area is 257 Å². The van der Waals surface area contributed by atoms with Crippen molar-refractivity contribution in [3.63, 3.8) is 0 Å². The number of nitrogens with two attached hydrogens (primary N) is 1. The number of nitrogens with one attached hydrogen (secondary N) is 2. The number of carbonyl (C=O) groups is 1. The van der Waals surface area contributed by atoms with Gasteiger partial charge in [-0.3, -0.25) is 0 Å². The summed E-state index contributed by atoms with van der Waals surface area (Å²) >= 11 is 0. The van der Waals surface area contributed by atoms with Crippen molar-refractivity contribution in [1.82, 2.24) is 14.9 Å². The number of nitrogens with zero attached hydrogens (tertiary/aromatic N) is 3. The van der Waals surface area contributed by atoms with Crippen LogP contribution in [-0.4, -0.2) is 46.3 Å². The molecule has 0 aliphatic heterocycles. The Hall–Kier alpha value is -4.60. The highest BCUT2D eigenvalue weighted by molar-refractivity contribution is 6.06. The maximum atomic E-state index is 14.2. The summed E-state index contributed by atoms with van der Waals surface area (Å²) in [5, 5.41) is 11.4. The number of amidine groups is 1. The van der Waals surface area contributed by atoms with Crippen LogP contribution in [0.1, 0.15) is 63.6 Å². The van der Waals surface area contributed by atoms with E-state index in [9.17, 15) is 9.18 Å². The SMILES string of the molecule is CCc1ccc(F)cc1/N=C(\N)c1cnn2cc(-c3cc(OC)ccc3C)cc2c1N[C@@H]1CC[C@H](NC(=O)OC(C)(C)C)C1. The Morgan fingerprint density at radius 2 is 1.93 bits per heavy atom. The molecule has 0 bridgehead atoms.